The van der Waals surface area contributed by atoms with Crippen molar-refractivity contribution in [3.8, 4) is 0 Å². The number of anilines is 1. The number of aliphatic hydroxyl groups is 1. The molecule has 0 amide bonds. The van der Waals surface area contributed by atoms with Crippen LogP contribution < -0.4 is 5.32 Å². The third-order valence-corrected chi connectivity index (χ3v) is 2.31. The van der Waals surface area contributed by atoms with Crippen LogP contribution in [0.25, 0.3) is 0 Å². The van der Waals surface area contributed by atoms with Crippen LogP contribution in [0.3, 0.4) is 0 Å². The Kier molecular flexibility index (Phi) is 2.33. The van der Waals surface area contributed by atoms with Gasteiger partial charge in [0.2, 0.25) is 0 Å². The monoisotopic (exact) mass is 199 g/mol. The molecule has 4 nitrogen and oxygen atoms in total. The third-order valence-electron chi connectivity index (χ3n) is 2.10. The van der Waals surface area contributed by atoms with Crippen LogP contribution in [0.4, 0.5) is 5.82 Å². The molecular weight excluding hydrogens is 190 g/mol. The van der Waals surface area contributed by atoms with E-state index in [1.165, 1.54) is 6.33 Å². The highest BCUT2D eigenvalue weighted by Crippen LogP contribution is 2.23. The maximum absolute atomic E-state index is 9.05. The molecule has 5 heteroatoms. The SMILES string of the molecule is OC1CC(Nc2cc(Cl)ncn2)C1. The summed E-state index contributed by atoms with van der Waals surface area (Å²) < 4.78 is 0. The highest BCUT2D eigenvalue weighted by molar-refractivity contribution is 6.29. The molecular formula is C8H10ClN3O. The summed E-state index contributed by atoms with van der Waals surface area (Å²) in [5, 5.41) is 12.6. The number of hydrogen-bond acceptors (Lipinski definition) is 4. The van der Waals surface area contributed by atoms with E-state index in [1.807, 2.05) is 0 Å². The normalized spacial score (nSPS) is 26.6. The molecule has 1 fully saturated rings. The summed E-state index contributed by atoms with van der Waals surface area (Å²) in [6, 6.07) is 1.99. The summed E-state index contributed by atoms with van der Waals surface area (Å²) in [6.45, 7) is 0. The minimum absolute atomic E-state index is 0.158. The van der Waals surface area contributed by atoms with Gasteiger partial charge in [0.25, 0.3) is 0 Å². The number of aliphatic hydroxyl groups excluding tert-OH is 1. The molecule has 0 aromatic carbocycles. The highest BCUT2D eigenvalue weighted by atomic mass is 35.5. The van der Waals surface area contributed by atoms with E-state index in [-0.39, 0.29) is 6.10 Å². The maximum atomic E-state index is 9.05. The summed E-state index contributed by atoms with van der Waals surface area (Å²) in [7, 11) is 0. The Morgan fingerprint density at radius 3 is 2.85 bits per heavy atom. The second-order valence-corrected chi connectivity index (χ2v) is 3.58. The van der Waals surface area contributed by atoms with Crippen molar-refractivity contribution in [2.45, 2.75) is 25.0 Å². The molecule has 0 unspecified atom stereocenters. The number of halogens is 1. The van der Waals surface area contributed by atoms with Gasteiger partial charge in [0, 0.05) is 12.1 Å². The molecule has 2 N–H and O–H groups in total. The van der Waals surface area contributed by atoms with Crippen molar-refractivity contribution >= 4 is 17.4 Å². The van der Waals surface area contributed by atoms with Crippen molar-refractivity contribution in [3.63, 3.8) is 0 Å². The van der Waals surface area contributed by atoms with Crippen LogP contribution in [-0.2, 0) is 0 Å². The first-order valence-electron chi connectivity index (χ1n) is 4.16. The second-order valence-electron chi connectivity index (χ2n) is 3.19. The van der Waals surface area contributed by atoms with E-state index >= 15 is 0 Å². The Morgan fingerprint density at radius 1 is 1.46 bits per heavy atom. The Balaban J connectivity index is 1.94. The van der Waals surface area contributed by atoms with Crippen LogP contribution in [0.5, 0.6) is 0 Å². The average Bonchev–Trinajstić information content (AvgIpc) is 2.01. The first kappa shape index (κ1) is 8.72. The Hall–Kier alpha value is -0.870. The summed E-state index contributed by atoms with van der Waals surface area (Å²) in [4.78, 5) is 7.77. The molecule has 1 aliphatic carbocycles. The lowest BCUT2D eigenvalue weighted by Gasteiger charge is -2.32. The molecule has 0 spiro atoms. The second kappa shape index (κ2) is 3.47. The highest BCUT2D eigenvalue weighted by Gasteiger charge is 2.27. The smallest absolute Gasteiger partial charge is 0.134 e. The average molecular weight is 200 g/mol. The van der Waals surface area contributed by atoms with E-state index in [0.29, 0.717) is 11.2 Å². The lowest BCUT2D eigenvalue weighted by molar-refractivity contribution is 0.0835. The van der Waals surface area contributed by atoms with Gasteiger partial charge in [0.15, 0.2) is 0 Å². The molecule has 0 atom stereocenters. The largest absolute Gasteiger partial charge is 0.393 e. The van der Waals surface area contributed by atoms with Gasteiger partial charge in [-0.1, -0.05) is 11.6 Å². The van der Waals surface area contributed by atoms with Crippen molar-refractivity contribution in [2.75, 3.05) is 5.32 Å². The van der Waals surface area contributed by atoms with Crippen molar-refractivity contribution in [3.05, 3.63) is 17.5 Å². The summed E-state index contributed by atoms with van der Waals surface area (Å²) in [5.74, 6) is 0.719. The zero-order chi connectivity index (χ0) is 9.26. The summed E-state index contributed by atoms with van der Waals surface area (Å²) >= 11 is 5.68. The van der Waals surface area contributed by atoms with Crippen LogP contribution in [0.1, 0.15) is 12.8 Å². The van der Waals surface area contributed by atoms with Gasteiger partial charge in [-0.25, -0.2) is 9.97 Å². The van der Waals surface area contributed by atoms with Gasteiger partial charge < -0.3 is 10.4 Å². The van der Waals surface area contributed by atoms with Crippen molar-refractivity contribution in [1.82, 2.24) is 9.97 Å². The van der Waals surface area contributed by atoms with Crippen molar-refractivity contribution in [1.29, 1.82) is 0 Å². The van der Waals surface area contributed by atoms with Crippen LogP contribution in [0, 0.1) is 0 Å². The van der Waals surface area contributed by atoms with Crippen molar-refractivity contribution in [2.24, 2.45) is 0 Å². The van der Waals surface area contributed by atoms with E-state index in [4.69, 9.17) is 16.7 Å². The minimum atomic E-state index is -0.158. The molecule has 0 saturated heterocycles. The maximum Gasteiger partial charge on any atom is 0.134 e. The molecule has 1 aromatic rings. The molecule has 1 heterocycles. The van der Waals surface area contributed by atoms with E-state index in [0.717, 1.165) is 18.7 Å². The topological polar surface area (TPSA) is 58.0 Å². The summed E-state index contributed by atoms with van der Waals surface area (Å²) in [5.41, 5.74) is 0. The van der Waals surface area contributed by atoms with Gasteiger partial charge in [-0.2, -0.15) is 0 Å². The number of rotatable bonds is 2. The minimum Gasteiger partial charge on any atom is -0.393 e. The number of nitrogens with one attached hydrogen (secondary N) is 1. The van der Waals surface area contributed by atoms with E-state index < -0.39 is 0 Å². The van der Waals surface area contributed by atoms with Crippen LogP contribution in [0.2, 0.25) is 5.15 Å². The molecule has 0 radical (unpaired) electrons. The van der Waals surface area contributed by atoms with Crippen LogP contribution in [-0.4, -0.2) is 27.2 Å². The zero-order valence-corrected chi connectivity index (χ0v) is 7.70. The Morgan fingerprint density at radius 2 is 2.23 bits per heavy atom. The quantitative estimate of drug-likeness (QED) is 0.700. The number of aromatic nitrogens is 2. The standard InChI is InChI=1S/C8H10ClN3O/c9-7-3-8(11-4-10-7)12-5-1-6(13)2-5/h3-6,13H,1-2H2,(H,10,11,12). The lowest BCUT2D eigenvalue weighted by atomic mass is 9.89. The Bertz CT molecular complexity index is 301. The molecule has 0 aliphatic heterocycles. The molecule has 1 aliphatic rings. The first-order chi connectivity index (χ1) is 6.24. The molecule has 2 rings (SSSR count). The summed E-state index contributed by atoms with van der Waals surface area (Å²) in [6.07, 6.45) is 2.82. The molecule has 1 aromatic heterocycles. The van der Waals surface area contributed by atoms with E-state index in [1.54, 1.807) is 6.07 Å². The fraction of sp³-hybridized carbons (Fsp3) is 0.500. The van der Waals surface area contributed by atoms with Crippen LogP contribution >= 0.6 is 11.6 Å². The fourth-order valence-electron chi connectivity index (χ4n) is 1.33. The Labute approximate surface area is 81.0 Å². The first-order valence-corrected chi connectivity index (χ1v) is 4.54. The van der Waals surface area contributed by atoms with E-state index in [2.05, 4.69) is 15.3 Å². The predicted molar refractivity (Wildman–Crippen MR) is 49.7 cm³/mol. The van der Waals surface area contributed by atoms with Gasteiger partial charge >= 0.3 is 0 Å². The van der Waals surface area contributed by atoms with Gasteiger partial charge in [-0.05, 0) is 12.8 Å². The van der Waals surface area contributed by atoms with Gasteiger partial charge in [-0.3, -0.25) is 0 Å². The third kappa shape index (κ3) is 2.08. The fourth-order valence-corrected chi connectivity index (χ4v) is 1.47. The molecule has 0 bridgehead atoms. The van der Waals surface area contributed by atoms with Crippen molar-refractivity contribution < 1.29 is 5.11 Å². The molecule has 1 saturated carbocycles. The zero-order valence-electron chi connectivity index (χ0n) is 6.94. The number of nitrogens with zero attached hydrogens (tertiary/aromatic N) is 2. The number of hydrogen-bond donors (Lipinski definition) is 2. The van der Waals surface area contributed by atoms with Gasteiger partial charge in [0.1, 0.15) is 17.3 Å². The van der Waals surface area contributed by atoms with Gasteiger partial charge in [-0.15, -0.1) is 0 Å². The molecule has 70 valence electrons. The lowest BCUT2D eigenvalue weighted by Crippen LogP contribution is -2.39. The van der Waals surface area contributed by atoms with Gasteiger partial charge in [0.05, 0.1) is 6.10 Å². The van der Waals surface area contributed by atoms with Crippen LogP contribution in [0.15, 0.2) is 12.4 Å². The molecule has 13 heavy (non-hydrogen) atoms. The predicted octanol–water partition coefficient (Wildman–Crippen LogP) is 1.07. The van der Waals surface area contributed by atoms with E-state index in [9.17, 15) is 0 Å².